The summed E-state index contributed by atoms with van der Waals surface area (Å²) in [5, 5.41) is 3.48. The summed E-state index contributed by atoms with van der Waals surface area (Å²) in [6.07, 6.45) is 5.24. The van der Waals surface area contributed by atoms with Gasteiger partial charge in [-0.1, -0.05) is 24.3 Å². The SMILES string of the molecule is C=CCCC(C)NCCCOc1ccccc1. The Labute approximate surface area is 105 Å². The van der Waals surface area contributed by atoms with E-state index >= 15 is 0 Å². The second kappa shape index (κ2) is 8.82. The highest BCUT2D eigenvalue weighted by atomic mass is 16.5. The van der Waals surface area contributed by atoms with Crippen molar-refractivity contribution in [2.45, 2.75) is 32.2 Å². The summed E-state index contributed by atoms with van der Waals surface area (Å²) in [5.74, 6) is 0.951. The molecule has 0 radical (unpaired) electrons. The predicted molar refractivity (Wildman–Crippen MR) is 73.4 cm³/mol. The minimum atomic E-state index is 0.560. The van der Waals surface area contributed by atoms with Crippen molar-refractivity contribution in [1.82, 2.24) is 5.32 Å². The number of hydrogen-bond acceptors (Lipinski definition) is 2. The van der Waals surface area contributed by atoms with Gasteiger partial charge in [-0.15, -0.1) is 6.58 Å². The molecule has 0 aliphatic heterocycles. The molecule has 0 aliphatic rings. The fraction of sp³-hybridized carbons (Fsp3) is 0.467. The summed E-state index contributed by atoms with van der Waals surface area (Å²) in [6, 6.07) is 10.5. The molecular formula is C15H23NO. The van der Waals surface area contributed by atoms with E-state index in [0.717, 1.165) is 38.2 Å². The van der Waals surface area contributed by atoms with Crippen LogP contribution in [0.3, 0.4) is 0 Å². The van der Waals surface area contributed by atoms with Gasteiger partial charge in [0.25, 0.3) is 0 Å². The van der Waals surface area contributed by atoms with Crippen LogP contribution in [0.15, 0.2) is 43.0 Å². The van der Waals surface area contributed by atoms with E-state index in [4.69, 9.17) is 4.74 Å². The summed E-state index contributed by atoms with van der Waals surface area (Å²) in [5.41, 5.74) is 0. The molecule has 1 N–H and O–H groups in total. The van der Waals surface area contributed by atoms with Crippen molar-refractivity contribution in [2.75, 3.05) is 13.2 Å². The third-order valence-corrected chi connectivity index (χ3v) is 2.63. The zero-order valence-electron chi connectivity index (χ0n) is 10.7. The third-order valence-electron chi connectivity index (χ3n) is 2.63. The molecule has 0 aromatic heterocycles. The van der Waals surface area contributed by atoms with Crippen LogP contribution >= 0.6 is 0 Å². The topological polar surface area (TPSA) is 21.3 Å². The molecule has 0 spiro atoms. The van der Waals surface area contributed by atoms with Gasteiger partial charge >= 0.3 is 0 Å². The largest absolute Gasteiger partial charge is 0.494 e. The number of ether oxygens (including phenoxy) is 1. The van der Waals surface area contributed by atoms with Crippen LogP contribution in [-0.2, 0) is 0 Å². The first kappa shape index (κ1) is 13.8. The predicted octanol–water partition coefficient (Wildman–Crippen LogP) is 3.40. The molecule has 1 aromatic carbocycles. The van der Waals surface area contributed by atoms with Crippen molar-refractivity contribution in [3.63, 3.8) is 0 Å². The van der Waals surface area contributed by atoms with Crippen LogP contribution in [-0.4, -0.2) is 19.2 Å². The monoisotopic (exact) mass is 233 g/mol. The van der Waals surface area contributed by atoms with Gasteiger partial charge in [0.15, 0.2) is 0 Å². The van der Waals surface area contributed by atoms with Crippen LogP contribution in [0.4, 0.5) is 0 Å². The molecule has 0 aliphatic carbocycles. The maximum Gasteiger partial charge on any atom is 0.119 e. The normalized spacial score (nSPS) is 12.1. The number of rotatable bonds is 9. The van der Waals surface area contributed by atoms with Gasteiger partial charge in [0.1, 0.15) is 5.75 Å². The molecule has 0 heterocycles. The van der Waals surface area contributed by atoms with Gasteiger partial charge in [-0.25, -0.2) is 0 Å². The molecule has 2 nitrogen and oxygen atoms in total. The number of nitrogens with one attached hydrogen (secondary N) is 1. The smallest absolute Gasteiger partial charge is 0.119 e. The fourth-order valence-corrected chi connectivity index (χ4v) is 1.60. The van der Waals surface area contributed by atoms with Crippen molar-refractivity contribution in [3.8, 4) is 5.75 Å². The maximum atomic E-state index is 5.61. The molecule has 17 heavy (non-hydrogen) atoms. The molecular weight excluding hydrogens is 210 g/mol. The molecule has 0 amide bonds. The molecule has 94 valence electrons. The number of allylic oxidation sites excluding steroid dienone is 1. The van der Waals surface area contributed by atoms with Gasteiger partial charge in [0.2, 0.25) is 0 Å². The Kier molecular flexibility index (Phi) is 7.15. The molecule has 0 bridgehead atoms. The lowest BCUT2D eigenvalue weighted by molar-refractivity contribution is 0.305. The lowest BCUT2D eigenvalue weighted by Gasteiger charge is -2.12. The zero-order chi connectivity index (χ0) is 12.3. The summed E-state index contributed by atoms with van der Waals surface area (Å²) < 4.78 is 5.61. The number of hydrogen-bond donors (Lipinski definition) is 1. The Hall–Kier alpha value is -1.28. The standard InChI is InChI=1S/C15H23NO/c1-3-4-9-14(2)16-12-8-13-17-15-10-6-5-7-11-15/h3,5-7,10-11,14,16H,1,4,8-9,12-13H2,2H3. The Morgan fingerprint density at radius 2 is 2.12 bits per heavy atom. The van der Waals surface area contributed by atoms with E-state index in [2.05, 4.69) is 18.8 Å². The van der Waals surface area contributed by atoms with E-state index in [-0.39, 0.29) is 0 Å². The summed E-state index contributed by atoms with van der Waals surface area (Å²) in [4.78, 5) is 0. The first-order valence-corrected chi connectivity index (χ1v) is 6.35. The van der Waals surface area contributed by atoms with E-state index in [1.165, 1.54) is 0 Å². The highest BCUT2D eigenvalue weighted by Gasteiger charge is 1.98. The Morgan fingerprint density at radius 3 is 2.82 bits per heavy atom. The van der Waals surface area contributed by atoms with Gasteiger partial charge in [-0.05, 0) is 44.9 Å². The minimum absolute atomic E-state index is 0.560. The van der Waals surface area contributed by atoms with Gasteiger partial charge in [-0.3, -0.25) is 0 Å². The van der Waals surface area contributed by atoms with E-state index in [1.807, 2.05) is 36.4 Å². The third kappa shape index (κ3) is 6.80. The zero-order valence-corrected chi connectivity index (χ0v) is 10.7. The lowest BCUT2D eigenvalue weighted by Crippen LogP contribution is -2.27. The van der Waals surface area contributed by atoms with Crippen molar-refractivity contribution < 1.29 is 4.74 Å². The summed E-state index contributed by atoms with van der Waals surface area (Å²) in [7, 11) is 0. The van der Waals surface area contributed by atoms with Crippen molar-refractivity contribution in [3.05, 3.63) is 43.0 Å². The molecule has 2 heteroatoms. The second-order valence-electron chi connectivity index (χ2n) is 4.24. The van der Waals surface area contributed by atoms with E-state index in [0.29, 0.717) is 6.04 Å². The first-order valence-electron chi connectivity index (χ1n) is 6.35. The van der Waals surface area contributed by atoms with Gasteiger partial charge in [-0.2, -0.15) is 0 Å². The Bertz CT molecular complexity index is 297. The van der Waals surface area contributed by atoms with Crippen LogP contribution in [0.5, 0.6) is 5.75 Å². The van der Waals surface area contributed by atoms with Gasteiger partial charge in [0, 0.05) is 6.04 Å². The van der Waals surface area contributed by atoms with E-state index in [9.17, 15) is 0 Å². The molecule has 1 unspecified atom stereocenters. The number of benzene rings is 1. The van der Waals surface area contributed by atoms with Crippen molar-refractivity contribution >= 4 is 0 Å². The molecule has 0 saturated heterocycles. The van der Waals surface area contributed by atoms with Crippen LogP contribution in [0.1, 0.15) is 26.2 Å². The lowest BCUT2D eigenvalue weighted by atomic mass is 10.2. The second-order valence-corrected chi connectivity index (χ2v) is 4.24. The maximum absolute atomic E-state index is 5.61. The summed E-state index contributed by atoms with van der Waals surface area (Å²) in [6.45, 7) is 7.71. The van der Waals surface area contributed by atoms with E-state index in [1.54, 1.807) is 0 Å². The van der Waals surface area contributed by atoms with Crippen LogP contribution in [0.2, 0.25) is 0 Å². The first-order chi connectivity index (χ1) is 8.33. The van der Waals surface area contributed by atoms with Crippen LogP contribution in [0, 0.1) is 0 Å². The Morgan fingerprint density at radius 1 is 1.35 bits per heavy atom. The highest BCUT2D eigenvalue weighted by molar-refractivity contribution is 5.20. The molecule has 1 rings (SSSR count). The van der Waals surface area contributed by atoms with Gasteiger partial charge < -0.3 is 10.1 Å². The minimum Gasteiger partial charge on any atom is -0.494 e. The molecule has 0 fully saturated rings. The van der Waals surface area contributed by atoms with Crippen LogP contribution in [0.25, 0.3) is 0 Å². The molecule has 1 aromatic rings. The van der Waals surface area contributed by atoms with Crippen molar-refractivity contribution in [1.29, 1.82) is 0 Å². The quantitative estimate of drug-likeness (QED) is 0.521. The number of para-hydroxylation sites is 1. The highest BCUT2D eigenvalue weighted by Crippen LogP contribution is 2.08. The fourth-order valence-electron chi connectivity index (χ4n) is 1.60. The van der Waals surface area contributed by atoms with Gasteiger partial charge in [0.05, 0.1) is 6.61 Å². The summed E-state index contributed by atoms with van der Waals surface area (Å²) >= 11 is 0. The average Bonchev–Trinajstić information content (AvgIpc) is 2.37. The van der Waals surface area contributed by atoms with Crippen LogP contribution < -0.4 is 10.1 Å². The molecule has 1 atom stereocenters. The Balaban J connectivity index is 1.99. The van der Waals surface area contributed by atoms with Crippen molar-refractivity contribution in [2.24, 2.45) is 0 Å². The average molecular weight is 233 g/mol. The van der Waals surface area contributed by atoms with E-state index < -0.39 is 0 Å². The molecule has 0 saturated carbocycles.